The summed E-state index contributed by atoms with van der Waals surface area (Å²) in [6.07, 6.45) is 19.4. The standard InChI is InChI=1S/C37H53F2N5/c1-13-15-26(3)22-34(38)43-35(39)23-28(5)18-17-27(4)21-31(37(10,11)12)24-30(36(7,8)9)19-20-40-29(6)42-32(16-14-2)33-25-41-44-33/h13-17,19-21,23-24,28,40-41H,1,6,18,22,25H2,2-5,7-12H3/b16-14-,20-19+,26-15+,27-17?,30-24+,31-21+,35-23-,42-32+,43-34+. The molecule has 7 heteroatoms. The first-order valence-corrected chi connectivity index (χ1v) is 15.1. The molecule has 1 heterocycles. The van der Waals surface area contributed by atoms with Gasteiger partial charge in [0.1, 0.15) is 11.5 Å². The number of nitrogens with one attached hydrogen (secondary N) is 2. The van der Waals surface area contributed by atoms with Crippen LogP contribution >= 0.6 is 0 Å². The number of hydrogen-bond acceptors (Lipinski definition) is 5. The first-order chi connectivity index (χ1) is 20.5. The summed E-state index contributed by atoms with van der Waals surface area (Å²) in [5.74, 6) is -1.19. The van der Waals surface area contributed by atoms with Crippen LogP contribution in [0.15, 0.2) is 123 Å². The van der Waals surface area contributed by atoms with Gasteiger partial charge in [0, 0.05) is 12.6 Å². The molecule has 0 amide bonds. The molecule has 44 heavy (non-hydrogen) atoms. The predicted molar refractivity (Wildman–Crippen MR) is 188 cm³/mol. The van der Waals surface area contributed by atoms with E-state index in [0.717, 1.165) is 33.7 Å². The van der Waals surface area contributed by atoms with Gasteiger partial charge in [0.05, 0.1) is 12.3 Å². The minimum Gasteiger partial charge on any atom is -0.347 e. The lowest BCUT2D eigenvalue weighted by Crippen LogP contribution is -2.36. The molecule has 2 N–H and O–H groups in total. The van der Waals surface area contributed by atoms with E-state index in [4.69, 9.17) is 0 Å². The summed E-state index contributed by atoms with van der Waals surface area (Å²) < 4.78 is 28.3. The fraction of sp³-hybridized carbons (Fsp3) is 0.432. The molecule has 1 atom stereocenters. The van der Waals surface area contributed by atoms with E-state index >= 15 is 0 Å². The lowest BCUT2D eigenvalue weighted by Gasteiger charge is -2.26. The van der Waals surface area contributed by atoms with E-state index in [1.54, 1.807) is 19.1 Å². The molecule has 0 saturated carbocycles. The lowest BCUT2D eigenvalue weighted by atomic mass is 9.79. The maximum atomic E-state index is 14.3. The van der Waals surface area contributed by atoms with Gasteiger partial charge in [0.25, 0.3) is 0 Å². The molecule has 0 fully saturated rings. The molecule has 1 aliphatic heterocycles. The quantitative estimate of drug-likeness (QED) is 0.111. The zero-order chi connectivity index (χ0) is 33.5. The highest BCUT2D eigenvalue weighted by Gasteiger charge is 2.20. The Hall–Kier alpha value is -3.87. The molecule has 0 bridgehead atoms. The van der Waals surface area contributed by atoms with Gasteiger partial charge in [-0.25, -0.2) is 4.99 Å². The Balaban J connectivity index is 3.15. The van der Waals surface area contributed by atoms with E-state index in [0.29, 0.717) is 18.8 Å². The molecule has 0 aliphatic carbocycles. The average Bonchev–Trinajstić information content (AvgIpc) is 2.84. The molecule has 1 rings (SSSR count). The minimum absolute atomic E-state index is 0.0371. The molecular weight excluding hydrogens is 552 g/mol. The number of hydrogen-bond donors (Lipinski definition) is 2. The molecule has 240 valence electrons. The van der Waals surface area contributed by atoms with Gasteiger partial charge >= 0.3 is 0 Å². The van der Waals surface area contributed by atoms with Gasteiger partial charge in [-0.15, -0.1) is 0 Å². The highest BCUT2D eigenvalue weighted by Crippen LogP contribution is 2.34. The number of halogens is 2. The Morgan fingerprint density at radius 1 is 1.05 bits per heavy atom. The summed E-state index contributed by atoms with van der Waals surface area (Å²) in [5.41, 5.74) is 8.39. The molecule has 0 aromatic heterocycles. The van der Waals surface area contributed by atoms with Gasteiger partial charge in [0.2, 0.25) is 5.95 Å². The van der Waals surface area contributed by atoms with E-state index in [2.05, 4.69) is 105 Å². The van der Waals surface area contributed by atoms with Gasteiger partial charge in [-0.3, -0.25) is 0 Å². The summed E-state index contributed by atoms with van der Waals surface area (Å²) in [5, 5.41) is 7.34. The van der Waals surface area contributed by atoms with Gasteiger partial charge in [-0.05, 0) is 73.3 Å². The first kappa shape index (κ1) is 38.2. The number of aliphatic imine (C=N–C) groups is 2. The summed E-state index contributed by atoms with van der Waals surface area (Å²) >= 11 is 0. The topological polar surface area (TPSA) is 61.1 Å². The zero-order valence-electron chi connectivity index (χ0n) is 28.5. The van der Waals surface area contributed by atoms with Crippen LogP contribution in [0.4, 0.5) is 8.78 Å². The molecule has 1 unspecified atom stereocenters. The van der Waals surface area contributed by atoms with E-state index in [1.807, 2.05) is 39.1 Å². The van der Waals surface area contributed by atoms with Crippen LogP contribution in [0.25, 0.3) is 0 Å². The Morgan fingerprint density at radius 3 is 2.20 bits per heavy atom. The second kappa shape index (κ2) is 18.1. The zero-order valence-corrected chi connectivity index (χ0v) is 28.5. The highest BCUT2D eigenvalue weighted by molar-refractivity contribution is 6.48. The summed E-state index contributed by atoms with van der Waals surface area (Å²) in [6.45, 7) is 29.0. The molecule has 1 aliphatic rings. The lowest BCUT2D eigenvalue weighted by molar-refractivity contribution is 0.497. The fourth-order valence-electron chi connectivity index (χ4n) is 3.89. The SMILES string of the molecule is C=C/C=C(\C)C/C(F)=N\C(F)=C/C(C)CC=C(C)\C=C(/C=C(\C=C\NC(=C)/N=C(\C=C/C)C1=NNC1)C(C)(C)C)C(C)(C)C. The third-order valence-corrected chi connectivity index (χ3v) is 6.56. The van der Waals surface area contributed by atoms with Gasteiger partial charge < -0.3 is 10.7 Å². The largest absolute Gasteiger partial charge is 0.347 e. The number of rotatable bonds is 15. The normalized spacial score (nSPS) is 17.5. The third-order valence-electron chi connectivity index (χ3n) is 6.56. The van der Waals surface area contributed by atoms with Crippen LogP contribution in [0.1, 0.15) is 82.1 Å². The Bertz CT molecular complexity index is 1330. The average molecular weight is 606 g/mol. The number of allylic oxidation sites excluding steroid dienone is 13. The number of hydrazone groups is 1. The molecule has 0 saturated heterocycles. The van der Waals surface area contributed by atoms with Crippen molar-refractivity contribution < 1.29 is 8.78 Å². The van der Waals surface area contributed by atoms with Crippen molar-refractivity contribution in [1.29, 1.82) is 0 Å². The van der Waals surface area contributed by atoms with E-state index < -0.39 is 11.9 Å². The highest BCUT2D eigenvalue weighted by atomic mass is 19.1. The maximum absolute atomic E-state index is 14.3. The van der Waals surface area contributed by atoms with Crippen LogP contribution in [0, 0.1) is 16.7 Å². The van der Waals surface area contributed by atoms with E-state index in [-0.39, 0.29) is 23.2 Å². The van der Waals surface area contributed by atoms with E-state index in [1.165, 1.54) is 6.08 Å². The predicted octanol–water partition coefficient (Wildman–Crippen LogP) is 10.2. The summed E-state index contributed by atoms with van der Waals surface area (Å²) in [6, 6.07) is 0. The smallest absolute Gasteiger partial charge is 0.211 e. The van der Waals surface area contributed by atoms with Crippen molar-refractivity contribution in [2.24, 2.45) is 31.8 Å². The van der Waals surface area contributed by atoms with Crippen LogP contribution in [0.5, 0.6) is 0 Å². The van der Waals surface area contributed by atoms with Crippen molar-refractivity contribution >= 4 is 17.4 Å². The van der Waals surface area contributed by atoms with Crippen molar-refractivity contribution in [3.63, 3.8) is 0 Å². The van der Waals surface area contributed by atoms with Crippen LogP contribution in [-0.4, -0.2) is 23.9 Å². The minimum atomic E-state index is -0.809. The van der Waals surface area contributed by atoms with Crippen molar-refractivity contribution in [1.82, 2.24) is 10.7 Å². The molecule has 0 radical (unpaired) electrons. The molecule has 0 spiro atoms. The van der Waals surface area contributed by atoms with Crippen LogP contribution in [-0.2, 0) is 0 Å². The molecule has 0 aromatic rings. The van der Waals surface area contributed by atoms with Crippen molar-refractivity contribution in [2.45, 2.75) is 82.1 Å². The van der Waals surface area contributed by atoms with Gasteiger partial charge in [0.15, 0.2) is 5.97 Å². The second-order valence-corrected chi connectivity index (χ2v) is 13.1. The van der Waals surface area contributed by atoms with Gasteiger partial charge in [-0.1, -0.05) is 109 Å². The Morgan fingerprint density at radius 2 is 1.68 bits per heavy atom. The van der Waals surface area contributed by atoms with E-state index in [9.17, 15) is 8.78 Å². The monoisotopic (exact) mass is 605 g/mol. The Kier molecular flexibility index (Phi) is 15.7. The van der Waals surface area contributed by atoms with Crippen molar-refractivity contribution in [3.8, 4) is 0 Å². The van der Waals surface area contributed by atoms with Crippen LogP contribution in [0.3, 0.4) is 0 Å². The fourth-order valence-corrected chi connectivity index (χ4v) is 3.89. The van der Waals surface area contributed by atoms with Gasteiger partial charge in [-0.2, -0.15) is 18.9 Å². The van der Waals surface area contributed by atoms with Crippen molar-refractivity contribution in [3.05, 3.63) is 108 Å². The van der Waals surface area contributed by atoms with Crippen LogP contribution < -0.4 is 10.7 Å². The maximum Gasteiger partial charge on any atom is 0.211 e. The molecule has 5 nitrogen and oxygen atoms in total. The summed E-state index contributed by atoms with van der Waals surface area (Å²) in [4.78, 5) is 8.04. The molecular formula is C37H53F2N5. The molecule has 0 aromatic carbocycles. The first-order valence-electron chi connectivity index (χ1n) is 15.1. The summed E-state index contributed by atoms with van der Waals surface area (Å²) in [7, 11) is 0. The van der Waals surface area contributed by atoms with Crippen LogP contribution in [0.2, 0.25) is 0 Å². The third kappa shape index (κ3) is 15.0. The number of nitrogens with zero attached hydrogens (tertiary/aromatic N) is 3. The Labute approximate surface area is 265 Å². The second-order valence-electron chi connectivity index (χ2n) is 13.1. The van der Waals surface area contributed by atoms with Crippen molar-refractivity contribution in [2.75, 3.05) is 6.54 Å².